The molecule has 2 aromatic rings. The molecule has 8 heteroatoms. The molecule has 0 unspecified atom stereocenters. The molecule has 1 N–H and O–H groups in total. The lowest BCUT2D eigenvalue weighted by molar-refractivity contribution is 0.0527. The zero-order valence-corrected chi connectivity index (χ0v) is 17.9. The lowest BCUT2D eigenvalue weighted by atomic mass is 10.1. The first kappa shape index (κ1) is 22.0. The van der Waals surface area contributed by atoms with Crippen LogP contribution in [0, 0.1) is 6.92 Å². The Labute approximate surface area is 172 Å². The standard InChI is InChI=1S/C20H23NO5S2/c1-5-25-19(23)15-12(4)16(20(24)26-6-2)28-18(15)21-17(22)13-8-10-14(11-9-13)27-7-3/h8-11H,5-7H2,1-4H3,(H,21,22). The zero-order chi connectivity index (χ0) is 20.7. The summed E-state index contributed by atoms with van der Waals surface area (Å²) < 4.78 is 10.1. The van der Waals surface area contributed by atoms with Gasteiger partial charge in [0, 0.05) is 10.5 Å². The fraction of sp³-hybridized carbons (Fsp3) is 0.350. The van der Waals surface area contributed by atoms with Crippen LogP contribution in [0.25, 0.3) is 0 Å². The molecule has 1 amide bonds. The van der Waals surface area contributed by atoms with Crippen LogP contribution in [-0.4, -0.2) is 36.8 Å². The number of carbonyl (C=O) groups is 3. The van der Waals surface area contributed by atoms with Crippen molar-refractivity contribution in [2.24, 2.45) is 0 Å². The third kappa shape index (κ3) is 5.14. The molecular weight excluding hydrogens is 398 g/mol. The van der Waals surface area contributed by atoms with Gasteiger partial charge in [0.1, 0.15) is 9.88 Å². The Kier molecular flexibility index (Phi) is 8.07. The fourth-order valence-electron chi connectivity index (χ4n) is 2.49. The van der Waals surface area contributed by atoms with E-state index in [0.29, 0.717) is 11.1 Å². The van der Waals surface area contributed by atoms with Crippen LogP contribution in [0.1, 0.15) is 56.7 Å². The molecule has 0 fully saturated rings. The highest BCUT2D eigenvalue weighted by Crippen LogP contribution is 2.34. The summed E-state index contributed by atoms with van der Waals surface area (Å²) in [7, 11) is 0. The summed E-state index contributed by atoms with van der Waals surface area (Å²) in [6, 6.07) is 7.20. The Balaban J connectivity index is 2.34. The van der Waals surface area contributed by atoms with Crippen LogP contribution in [0.4, 0.5) is 5.00 Å². The molecular formula is C20H23NO5S2. The smallest absolute Gasteiger partial charge is 0.348 e. The van der Waals surface area contributed by atoms with Crippen LogP contribution in [0.3, 0.4) is 0 Å². The van der Waals surface area contributed by atoms with Gasteiger partial charge in [-0.05, 0) is 56.4 Å². The largest absolute Gasteiger partial charge is 0.462 e. The van der Waals surface area contributed by atoms with E-state index in [9.17, 15) is 14.4 Å². The summed E-state index contributed by atoms with van der Waals surface area (Å²) in [5, 5.41) is 3.01. The molecule has 0 bridgehead atoms. The second-order valence-corrected chi connectivity index (χ2v) is 7.97. The molecule has 0 aliphatic carbocycles. The van der Waals surface area contributed by atoms with E-state index < -0.39 is 11.9 Å². The van der Waals surface area contributed by atoms with Crippen molar-refractivity contribution >= 4 is 45.9 Å². The fourth-order valence-corrected chi connectivity index (χ4v) is 4.23. The maximum Gasteiger partial charge on any atom is 0.348 e. The minimum Gasteiger partial charge on any atom is -0.462 e. The van der Waals surface area contributed by atoms with Crippen molar-refractivity contribution in [1.82, 2.24) is 0 Å². The van der Waals surface area contributed by atoms with Crippen molar-refractivity contribution in [3.63, 3.8) is 0 Å². The maximum absolute atomic E-state index is 12.7. The SMILES string of the molecule is CCOC(=O)c1sc(NC(=O)c2ccc(SCC)cc2)c(C(=O)OCC)c1C. The van der Waals surface area contributed by atoms with Crippen molar-refractivity contribution in [2.45, 2.75) is 32.6 Å². The molecule has 0 saturated heterocycles. The molecule has 0 spiro atoms. The molecule has 0 radical (unpaired) electrons. The summed E-state index contributed by atoms with van der Waals surface area (Å²) in [5.41, 5.74) is 1.08. The molecule has 1 aromatic carbocycles. The summed E-state index contributed by atoms with van der Waals surface area (Å²) in [6.07, 6.45) is 0. The number of thiophene rings is 1. The number of carbonyl (C=O) groups excluding carboxylic acids is 3. The predicted molar refractivity (Wildman–Crippen MR) is 112 cm³/mol. The number of thioether (sulfide) groups is 1. The number of ether oxygens (including phenoxy) is 2. The summed E-state index contributed by atoms with van der Waals surface area (Å²) in [5.74, 6) is -0.538. The van der Waals surface area contributed by atoms with Crippen LogP contribution < -0.4 is 5.32 Å². The molecule has 0 atom stereocenters. The minimum absolute atomic E-state index is 0.182. The molecule has 1 heterocycles. The third-order valence-corrected chi connectivity index (χ3v) is 5.82. The van der Waals surface area contributed by atoms with Crippen LogP contribution in [0.15, 0.2) is 29.2 Å². The van der Waals surface area contributed by atoms with E-state index in [1.807, 2.05) is 12.1 Å². The molecule has 28 heavy (non-hydrogen) atoms. The van der Waals surface area contributed by atoms with Gasteiger partial charge in [-0.1, -0.05) is 6.92 Å². The van der Waals surface area contributed by atoms with Gasteiger partial charge in [-0.3, -0.25) is 4.79 Å². The number of nitrogens with one attached hydrogen (secondary N) is 1. The number of amides is 1. The Morgan fingerprint density at radius 1 is 1.00 bits per heavy atom. The van der Waals surface area contributed by atoms with E-state index in [1.165, 1.54) is 0 Å². The van der Waals surface area contributed by atoms with Crippen molar-refractivity contribution in [2.75, 3.05) is 24.3 Å². The zero-order valence-electron chi connectivity index (χ0n) is 16.3. The molecule has 150 valence electrons. The lowest BCUT2D eigenvalue weighted by Gasteiger charge is -2.07. The second kappa shape index (κ2) is 10.3. The van der Waals surface area contributed by atoms with Gasteiger partial charge in [0.15, 0.2) is 0 Å². The minimum atomic E-state index is -0.586. The van der Waals surface area contributed by atoms with E-state index >= 15 is 0 Å². The van der Waals surface area contributed by atoms with Crippen molar-refractivity contribution < 1.29 is 23.9 Å². The first-order valence-corrected chi connectivity index (χ1v) is 10.7. The second-order valence-electron chi connectivity index (χ2n) is 5.61. The predicted octanol–water partition coefficient (Wildman–Crippen LogP) is 4.77. The summed E-state index contributed by atoms with van der Waals surface area (Å²) in [6.45, 7) is 7.50. The van der Waals surface area contributed by atoms with E-state index in [1.54, 1.807) is 44.7 Å². The van der Waals surface area contributed by atoms with Gasteiger partial charge in [-0.2, -0.15) is 0 Å². The molecule has 2 rings (SSSR count). The van der Waals surface area contributed by atoms with Crippen LogP contribution >= 0.6 is 23.1 Å². The monoisotopic (exact) mass is 421 g/mol. The van der Waals surface area contributed by atoms with E-state index in [-0.39, 0.29) is 34.6 Å². The van der Waals surface area contributed by atoms with E-state index in [0.717, 1.165) is 22.0 Å². The molecule has 0 aliphatic heterocycles. The summed E-state index contributed by atoms with van der Waals surface area (Å²) >= 11 is 2.69. The number of esters is 2. The van der Waals surface area contributed by atoms with Crippen molar-refractivity contribution in [3.05, 3.63) is 45.8 Å². The van der Waals surface area contributed by atoms with Gasteiger partial charge in [-0.25, -0.2) is 9.59 Å². The van der Waals surface area contributed by atoms with Gasteiger partial charge in [0.25, 0.3) is 5.91 Å². The lowest BCUT2D eigenvalue weighted by Crippen LogP contribution is -2.15. The maximum atomic E-state index is 12.7. The van der Waals surface area contributed by atoms with Gasteiger partial charge < -0.3 is 14.8 Å². The average Bonchev–Trinajstić information content (AvgIpc) is 2.99. The van der Waals surface area contributed by atoms with E-state index in [4.69, 9.17) is 9.47 Å². The highest BCUT2D eigenvalue weighted by molar-refractivity contribution is 7.99. The summed E-state index contributed by atoms with van der Waals surface area (Å²) in [4.78, 5) is 38.6. The van der Waals surface area contributed by atoms with Gasteiger partial charge in [-0.15, -0.1) is 23.1 Å². The number of hydrogen-bond acceptors (Lipinski definition) is 7. The highest BCUT2D eigenvalue weighted by Gasteiger charge is 2.27. The van der Waals surface area contributed by atoms with Gasteiger partial charge in [0.05, 0.1) is 18.8 Å². The van der Waals surface area contributed by atoms with Gasteiger partial charge in [0.2, 0.25) is 0 Å². The number of anilines is 1. The Hall–Kier alpha value is -2.32. The number of benzene rings is 1. The average molecular weight is 422 g/mol. The first-order valence-electron chi connectivity index (χ1n) is 8.94. The van der Waals surface area contributed by atoms with Crippen molar-refractivity contribution in [1.29, 1.82) is 0 Å². The topological polar surface area (TPSA) is 81.7 Å². The highest BCUT2D eigenvalue weighted by atomic mass is 32.2. The molecule has 0 aliphatic rings. The van der Waals surface area contributed by atoms with Crippen LogP contribution in [0.5, 0.6) is 0 Å². The Morgan fingerprint density at radius 3 is 2.18 bits per heavy atom. The van der Waals surface area contributed by atoms with Crippen LogP contribution in [-0.2, 0) is 9.47 Å². The Morgan fingerprint density at radius 2 is 1.61 bits per heavy atom. The van der Waals surface area contributed by atoms with Crippen molar-refractivity contribution in [3.8, 4) is 0 Å². The third-order valence-electron chi connectivity index (χ3n) is 3.74. The van der Waals surface area contributed by atoms with Gasteiger partial charge >= 0.3 is 11.9 Å². The first-order chi connectivity index (χ1) is 13.4. The number of rotatable bonds is 8. The Bertz CT molecular complexity index is 858. The normalized spacial score (nSPS) is 10.4. The molecule has 1 aromatic heterocycles. The number of hydrogen-bond donors (Lipinski definition) is 1. The van der Waals surface area contributed by atoms with Crippen LogP contribution in [0.2, 0.25) is 0 Å². The quantitative estimate of drug-likeness (QED) is 0.488. The van der Waals surface area contributed by atoms with E-state index in [2.05, 4.69) is 12.2 Å². The molecule has 0 saturated carbocycles. The molecule has 6 nitrogen and oxygen atoms in total.